The molecule has 4 atom stereocenters. The molecule has 1 aliphatic carbocycles. The first-order valence-electron chi connectivity index (χ1n) is 14.3. The lowest BCUT2D eigenvalue weighted by Gasteiger charge is -2.44. The lowest BCUT2D eigenvalue weighted by Crippen LogP contribution is -2.43. The fourth-order valence-electron chi connectivity index (χ4n) is 5.49. The normalized spacial score (nSPS) is 21.7. The van der Waals surface area contributed by atoms with E-state index in [0.29, 0.717) is 31.1 Å². The van der Waals surface area contributed by atoms with Gasteiger partial charge < -0.3 is 14.3 Å². The molecule has 0 amide bonds. The topological polar surface area (TPSA) is 52.6 Å². The Balaban J connectivity index is 1.95. The number of aldehydes is 1. The third-order valence-corrected chi connectivity index (χ3v) is 9.71. The molecule has 0 bridgehead atoms. The highest BCUT2D eigenvalue weighted by molar-refractivity contribution is 6.76. The SMILES string of the molecule is C[C@@H]1CC[C@@H](C(C)(C)c2ccccc2)[C@H](OC(=O)CC[C@@H](CCCCCC=O)OCC[Si](C)(C)C)C1. The van der Waals surface area contributed by atoms with Gasteiger partial charge in [0.25, 0.3) is 0 Å². The van der Waals surface area contributed by atoms with Gasteiger partial charge in [-0.2, -0.15) is 0 Å². The van der Waals surface area contributed by atoms with Gasteiger partial charge in [0.15, 0.2) is 0 Å². The van der Waals surface area contributed by atoms with Gasteiger partial charge in [-0.1, -0.05) is 90.0 Å². The molecule has 1 aromatic rings. The highest BCUT2D eigenvalue weighted by Gasteiger charge is 2.41. The van der Waals surface area contributed by atoms with E-state index in [1.807, 2.05) is 0 Å². The van der Waals surface area contributed by atoms with Crippen LogP contribution >= 0.6 is 0 Å². The molecular formula is C31H52O4Si. The Morgan fingerprint density at radius 2 is 1.81 bits per heavy atom. The smallest absolute Gasteiger partial charge is 0.306 e. The minimum atomic E-state index is -1.16. The average molecular weight is 517 g/mol. The van der Waals surface area contributed by atoms with Crippen molar-refractivity contribution < 1.29 is 19.1 Å². The van der Waals surface area contributed by atoms with Crippen molar-refractivity contribution in [3.63, 3.8) is 0 Å². The Morgan fingerprint density at radius 1 is 1.08 bits per heavy atom. The van der Waals surface area contributed by atoms with E-state index in [2.05, 4.69) is 70.7 Å². The molecule has 4 nitrogen and oxygen atoms in total. The second kappa shape index (κ2) is 15.1. The van der Waals surface area contributed by atoms with Crippen LogP contribution in [0, 0.1) is 11.8 Å². The Bertz CT molecular complexity index is 771. The zero-order chi connectivity index (χ0) is 26.6. The van der Waals surface area contributed by atoms with Crippen molar-refractivity contribution in [3.05, 3.63) is 35.9 Å². The van der Waals surface area contributed by atoms with Gasteiger partial charge in [-0.15, -0.1) is 0 Å². The van der Waals surface area contributed by atoms with Crippen LogP contribution in [0.15, 0.2) is 30.3 Å². The number of benzene rings is 1. The van der Waals surface area contributed by atoms with Crippen LogP contribution in [-0.2, 0) is 24.5 Å². The lowest BCUT2D eigenvalue weighted by molar-refractivity contribution is -0.157. The molecule has 0 N–H and O–H groups in total. The number of ether oxygens (including phenoxy) is 2. The molecule has 2 rings (SSSR count). The second-order valence-electron chi connectivity index (χ2n) is 12.8. The highest BCUT2D eigenvalue weighted by Crippen LogP contribution is 2.43. The summed E-state index contributed by atoms with van der Waals surface area (Å²) in [5.74, 6) is 0.819. The summed E-state index contributed by atoms with van der Waals surface area (Å²) >= 11 is 0. The number of esters is 1. The van der Waals surface area contributed by atoms with Gasteiger partial charge in [0, 0.05) is 33.4 Å². The predicted octanol–water partition coefficient (Wildman–Crippen LogP) is 7.97. The Hall–Kier alpha value is -1.46. The number of hydrogen-bond donors (Lipinski definition) is 0. The van der Waals surface area contributed by atoms with Crippen molar-refractivity contribution in [2.45, 2.75) is 128 Å². The van der Waals surface area contributed by atoms with Crippen LogP contribution in [0.1, 0.15) is 90.5 Å². The Morgan fingerprint density at radius 3 is 2.47 bits per heavy atom. The van der Waals surface area contributed by atoms with Gasteiger partial charge >= 0.3 is 5.97 Å². The predicted molar refractivity (Wildman–Crippen MR) is 152 cm³/mol. The molecule has 36 heavy (non-hydrogen) atoms. The van der Waals surface area contributed by atoms with Crippen molar-refractivity contribution in [3.8, 4) is 0 Å². The maximum atomic E-state index is 13.1. The summed E-state index contributed by atoms with van der Waals surface area (Å²) in [4.78, 5) is 23.7. The van der Waals surface area contributed by atoms with Crippen molar-refractivity contribution in [2.24, 2.45) is 11.8 Å². The number of rotatable bonds is 16. The lowest BCUT2D eigenvalue weighted by atomic mass is 9.64. The first-order valence-corrected chi connectivity index (χ1v) is 18.0. The molecule has 1 aliphatic rings. The van der Waals surface area contributed by atoms with Crippen LogP contribution in [0.25, 0.3) is 0 Å². The van der Waals surface area contributed by atoms with E-state index < -0.39 is 8.07 Å². The summed E-state index contributed by atoms with van der Waals surface area (Å²) in [5.41, 5.74) is 1.27. The molecule has 0 aliphatic heterocycles. The average Bonchev–Trinajstić information content (AvgIpc) is 2.81. The van der Waals surface area contributed by atoms with E-state index in [4.69, 9.17) is 9.47 Å². The first-order chi connectivity index (χ1) is 17.0. The minimum Gasteiger partial charge on any atom is -0.462 e. The zero-order valence-corrected chi connectivity index (χ0v) is 24.9. The van der Waals surface area contributed by atoms with Gasteiger partial charge in [-0.05, 0) is 55.0 Å². The fourth-order valence-corrected chi connectivity index (χ4v) is 6.22. The molecule has 0 heterocycles. The van der Waals surface area contributed by atoms with Crippen LogP contribution < -0.4 is 0 Å². The second-order valence-corrected chi connectivity index (χ2v) is 18.4. The molecule has 0 saturated heterocycles. The van der Waals surface area contributed by atoms with E-state index in [1.54, 1.807) is 0 Å². The van der Waals surface area contributed by atoms with E-state index in [-0.39, 0.29) is 23.6 Å². The third-order valence-electron chi connectivity index (χ3n) is 8.01. The van der Waals surface area contributed by atoms with Crippen molar-refractivity contribution in [1.82, 2.24) is 0 Å². The number of carbonyl (C=O) groups excluding carboxylic acids is 2. The van der Waals surface area contributed by atoms with Gasteiger partial charge in [-0.3, -0.25) is 4.79 Å². The summed E-state index contributed by atoms with van der Waals surface area (Å²) in [7, 11) is -1.16. The van der Waals surface area contributed by atoms with Crippen molar-refractivity contribution in [2.75, 3.05) is 6.61 Å². The summed E-state index contributed by atoms with van der Waals surface area (Å²) in [6, 6.07) is 11.8. The molecule has 1 fully saturated rings. The molecule has 0 spiro atoms. The first kappa shape index (κ1) is 30.8. The van der Waals surface area contributed by atoms with Gasteiger partial charge in [0.05, 0.1) is 6.10 Å². The Labute approximate surface area is 221 Å². The van der Waals surface area contributed by atoms with E-state index in [0.717, 1.165) is 57.5 Å². The summed E-state index contributed by atoms with van der Waals surface area (Å²) in [6.07, 6.45) is 9.98. The minimum absolute atomic E-state index is 0.0361. The quantitative estimate of drug-likeness (QED) is 0.0967. The standard InChI is InChI=1S/C31H52O4Si/c1-25-17-19-28(31(2,3)26-14-10-9-11-15-26)29(24-25)35-30(33)20-18-27(16-12-7-8-13-21-32)34-22-23-36(4,5)6/h9-11,14-15,21,25,27-29H,7-8,12-13,16-20,22-24H2,1-6H3/t25-,27-,28-,29-/m1/s1. The maximum Gasteiger partial charge on any atom is 0.306 e. The maximum absolute atomic E-state index is 13.1. The van der Waals surface area contributed by atoms with Gasteiger partial charge in [-0.25, -0.2) is 0 Å². The summed E-state index contributed by atoms with van der Waals surface area (Å²) in [6.45, 7) is 14.7. The number of hydrogen-bond acceptors (Lipinski definition) is 4. The van der Waals surface area contributed by atoms with Crippen molar-refractivity contribution >= 4 is 20.3 Å². The van der Waals surface area contributed by atoms with Crippen molar-refractivity contribution in [1.29, 1.82) is 0 Å². The molecule has 1 aromatic carbocycles. The molecule has 5 heteroatoms. The largest absolute Gasteiger partial charge is 0.462 e. The van der Waals surface area contributed by atoms with E-state index in [1.165, 1.54) is 12.0 Å². The molecule has 204 valence electrons. The summed E-state index contributed by atoms with van der Waals surface area (Å²) < 4.78 is 12.5. The van der Waals surface area contributed by atoms with Crippen LogP contribution in [0.2, 0.25) is 25.7 Å². The van der Waals surface area contributed by atoms with Gasteiger partial charge in [0.2, 0.25) is 0 Å². The highest BCUT2D eigenvalue weighted by atomic mass is 28.3. The summed E-state index contributed by atoms with van der Waals surface area (Å²) in [5, 5.41) is 0. The third kappa shape index (κ3) is 10.9. The van der Waals surface area contributed by atoms with Crippen LogP contribution in [0.5, 0.6) is 0 Å². The fraction of sp³-hybridized carbons (Fsp3) is 0.742. The molecule has 0 aromatic heterocycles. The van der Waals surface area contributed by atoms with Crippen LogP contribution in [0.4, 0.5) is 0 Å². The molecule has 1 saturated carbocycles. The Kier molecular flexibility index (Phi) is 12.9. The molecular weight excluding hydrogens is 464 g/mol. The van der Waals surface area contributed by atoms with E-state index >= 15 is 0 Å². The van der Waals surface area contributed by atoms with Gasteiger partial charge in [0.1, 0.15) is 12.4 Å². The monoisotopic (exact) mass is 516 g/mol. The van der Waals surface area contributed by atoms with Crippen LogP contribution in [0.3, 0.4) is 0 Å². The zero-order valence-electron chi connectivity index (χ0n) is 23.9. The molecule has 0 unspecified atom stereocenters. The molecule has 0 radical (unpaired) electrons. The van der Waals surface area contributed by atoms with E-state index in [9.17, 15) is 9.59 Å². The number of unbranched alkanes of at least 4 members (excludes halogenated alkanes) is 3. The van der Waals surface area contributed by atoms with Crippen LogP contribution in [-0.4, -0.2) is 39.1 Å². The number of carbonyl (C=O) groups is 2.